The first-order valence-electron chi connectivity index (χ1n) is 10.6. The highest BCUT2D eigenvalue weighted by molar-refractivity contribution is 5.93. The molecular formula is C23H22F4N4O3. The van der Waals surface area contributed by atoms with Crippen molar-refractivity contribution in [2.75, 3.05) is 18.4 Å². The van der Waals surface area contributed by atoms with Gasteiger partial charge in [0, 0.05) is 44.1 Å². The van der Waals surface area contributed by atoms with Crippen LogP contribution in [-0.2, 0) is 11.2 Å². The van der Waals surface area contributed by atoms with Crippen molar-refractivity contribution in [1.82, 2.24) is 9.88 Å². The highest BCUT2D eigenvalue weighted by atomic mass is 19.3. The van der Waals surface area contributed by atoms with Gasteiger partial charge >= 0.3 is 0 Å². The van der Waals surface area contributed by atoms with Crippen LogP contribution in [0.1, 0.15) is 36.3 Å². The molecule has 3 heterocycles. The van der Waals surface area contributed by atoms with E-state index in [4.69, 9.17) is 4.42 Å². The number of amides is 1. The Hall–Kier alpha value is -3.47. The van der Waals surface area contributed by atoms with Crippen LogP contribution in [-0.4, -0.2) is 40.8 Å². The molecule has 1 fully saturated rings. The van der Waals surface area contributed by atoms with Crippen LogP contribution in [0.4, 0.5) is 23.4 Å². The zero-order chi connectivity index (χ0) is 24.5. The summed E-state index contributed by atoms with van der Waals surface area (Å²) >= 11 is 0. The van der Waals surface area contributed by atoms with Crippen LogP contribution in [0.5, 0.6) is 0 Å². The monoisotopic (exact) mass is 478 g/mol. The van der Waals surface area contributed by atoms with Gasteiger partial charge in [0.15, 0.2) is 24.1 Å². The SMILES string of the molecule is C[C@H](C(=O)Nc1coc(Cc2cc(F)cc(F)c2)n1)N1CCC(F)(F)[C@@H](c2cc[n+]([O-])cc2)C1. The van der Waals surface area contributed by atoms with Gasteiger partial charge in [0.05, 0.1) is 12.0 Å². The highest BCUT2D eigenvalue weighted by Gasteiger charge is 2.46. The first-order chi connectivity index (χ1) is 16.1. The number of anilines is 1. The normalized spacial score (nSPS) is 19.0. The topological polar surface area (TPSA) is 85.3 Å². The number of pyridine rings is 1. The summed E-state index contributed by atoms with van der Waals surface area (Å²) in [6, 6.07) is 5.04. The predicted molar refractivity (Wildman–Crippen MR) is 113 cm³/mol. The fourth-order valence-corrected chi connectivity index (χ4v) is 4.02. The standard InChI is InChI=1S/C23H22F4N4O3/c1-14(30-7-4-23(26,27)19(12-30)16-2-5-31(33)6-3-16)22(32)29-20-13-34-21(28-20)10-15-8-17(24)11-18(25)9-15/h2-3,5-6,8-9,11,13-14,19H,4,7,10,12H2,1H3,(H,29,32)/t14-,19-/m1/s1. The van der Waals surface area contributed by atoms with Gasteiger partial charge in [-0.3, -0.25) is 9.69 Å². The van der Waals surface area contributed by atoms with Gasteiger partial charge in [-0.15, -0.1) is 0 Å². The van der Waals surface area contributed by atoms with Gasteiger partial charge in [0.1, 0.15) is 17.9 Å². The Labute approximate surface area is 192 Å². The van der Waals surface area contributed by atoms with Gasteiger partial charge in [-0.2, -0.15) is 9.71 Å². The van der Waals surface area contributed by atoms with Gasteiger partial charge < -0.3 is 14.9 Å². The number of alkyl halides is 2. The van der Waals surface area contributed by atoms with E-state index in [2.05, 4.69) is 10.3 Å². The smallest absolute Gasteiger partial charge is 0.257 e. The minimum absolute atomic E-state index is 0.0156. The van der Waals surface area contributed by atoms with Crippen LogP contribution in [0, 0.1) is 16.8 Å². The second-order valence-corrected chi connectivity index (χ2v) is 8.30. The molecular weight excluding hydrogens is 456 g/mol. The zero-order valence-corrected chi connectivity index (χ0v) is 18.2. The van der Waals surface area contributed by atoms with Crippen LogP contribution in [0.15, 0.2) is 53.4 Å². The van der Waals surface area contributed by atoms with Gasteiger partial charge in [-0.25, -0.2) is 17.6 Å². The number of nitrogens with zero attached hydrogens (tertiary/aromatic N) is 3. The summed E-state index contributed by atoms with van der Waals surface area (Å²) in [6.07, 6.45) is 3.12. The summed E-state index contributed by atoms with van der Waals surface area (Å²) < 4.78 is 61.7. The first-order valence-corrected chi connectivity index (χ1v) is 10.6. The maximum atomic E-state index is 14.6. The molecule has 0 spiro atoms. The Balaban J connectivity index is 1.40. The van der Waals surface area contributed by atoms with E-state index in [0.717, 1.165) is 18.2 Å². The number of hydrogen-bond acceptors (Lipinski definition) is 5. The van der Waals surface area contributed by atoms with Crippen LogP contribution in [0.25, 0.3) is 0 Å². The highest BCUT2D eigenvalue weighted by Crippen LogP contribution is 2.40. The van der Waals surface area contributed by atoms with Crippen molar-refractivity contribution in [3.8, 4) is 0 Å². The molecule has 0 bridgehead atoms. The molecule has 11 heteroatoms. The molecule has 4 rings (SSSR count). The summed E-state index contributed by atoms with van der Waals surface area (Å²) in [6.45, 7) is 1.55. The number of benzene rings is 1. The Morgan fingerprint density at radius 2 is 1.97 bits per heavy atom. The molecule has 0 unspecified atom stereocenters. The van der Waals surface area contributed by atoms with E-state index >= 15 is 0 Å². The van der Waals surface area contributed by atoms with E-state index in [9.17, 15) is 27.6 Å². The molecule has 1 aromatic carbocycles. The van der Waals surface area contributed by atoms with Crippen LogP contribution < -0.4 is 10.0 Å². The molecule has 34 heavy (non-hydrogen) atoms. The lowest BCUT2D eigenvalue weighted by Gasteiger charge is -2.40. The van der Waals surface area contributed by atoms with Crippen molar-refractivity contribution in [2.45, 2.75) is 37.6 Å². The van der Waals surface area contributed by atoms with Gasteiger partial charge in [0.25, 0.3) is 5.92 Å². The first kappa shape index (κ1) is 23.7. The zero-order valence-electron chi connectivity index (χ0n) is 18.2. The van der Waals surface area contributed by atoms with Crippen molar-refractivity contribution in [3.63, 3.8) is 0 Å². The summed E-state index contributed by atoms with van der Waals surface area (Å²) in [4.78, 5) is 18.5. The average molecular weight is 478 g/mol. The van der Waals surface area contributed by atoms with Crippen molar-refractivity contribution in [1.29, 1.82) is 0 Å². The van der Waals surface area contributed by atoms with Crippen molar-refractivity contribution in [2.24, 2.45) is 0 Å². The maximum absolute atomic E-state index is 14.6. The van der Waals surface area contributed by atoms with Crippen LogP contribution in [0.3, 0.4) is 0 Å². The molecule has 0 saturated carbocycles. The largest absolute Gasteiger partial charge is 0.619 e. The fraction of sp³-hybridized carbons (Fsp3) is 0.348. The predicted octanol–water partition coefficient (Wildman–Crippen LogP) is 3.63. The van der Waals surface area contributed by atoms with E-state index in [1.54, 1.807) is 11.8 Å². The number of nitrogens with one attached hydrogen (secondary N) is 1. The lowest BCUT2D eigenvalue weighted by molar-refractivity contribution is -0.605. The van der Waals surface area contributed by atoms with Crippen LogP contribution in [0.2, 0.25) is 0 Å². The number of piperidine rings is 1. The van der Waals surface area contributed by atoms with Gasteiger partial charge in [-0.05, 0) is 30.2 Å². The summed E-state index contributed by atoms with van der Waals surface area (Å²) in [5.41, 5.74) is 0.638. The molecule has 1 amide bonds. The number of rotatable bonds is 6. The lowest BCUT2D eigenvalue weighted by Crippen LogP contribution is -2.52. The molecule has 0 radical (unpaired) electrons. The van der Waals surface area contributed by atoms with Crippen molar-refractivity contribution >= 4 is 11.7 Å². The Bertz CT molecular complexity index is 1150. The lowest BCUT2D eigenvalue weighted by atomic mass is 9.87. The summed E-state index contributed by atoms with van der Waals surface area (Å²) in [7, 11) is 0. The molecule has 1 aliphatic rings. The minimum Gasteiger partial charge on any atom is -0.619 e. The summed E-state index contributed by atoms with van der Waals surface area (Å²) in [5, 5.41) is 13.8. The third-order valence-corrected chi connectivity index (χ3v) is 5.90. The second kappa shape index (κ2) is 9.41. The Kier molecular flexibility index (Phi) is 6.56. The minimum atomic E-state index is -2.97. The van der Waals surface area contributed by atoms with E-state index < -0.39 is 41.8 Å². The molecule has 1 N–H and O–H groups in total. The number of hydrogen-bond donors (Lipinski definition) is 1. The second-order valence-electron chi connectivity index (χ2n) is 8.30. The van der Waals surface area contributed by atoms with Crippen LogP contribution >= 0.6 is 0 Å². The maximum Gasteiger partial charge on any atom is 0.257 e. The fourth-order valence-electron chi connectivity index (χ4n) is 4.02. The number of likely N-dealkylation sites (tertiary alicyclic amines) is 1. The molecule has 2 atom stereocenters. The van der Waals surface area contributed by atoms with E-state index in [1.807, 2.05) is 0 Å². The molecule has 1 saturated heterocycles. The quantitative estimate of drug-likeness (QED) is 0.332. The molecule has 180 valence electrons. The van der Waals surface area contributed by atoms with E-state index in [-0.39, 0.29) is 31.2 Å². The van der Waals surface area contributed by atoms with Gasteiger partial charge in [-0.1, -0.05) is 0 Å². The number of halogens is 4. The number of aromatic nitrogens is 2. The van der Waals surface area contributed by atoms with Crippen molar-refractivity contribution < 1.29 is 31.5 Å². The Morgan fingerprint density at radius 3 is 2.65 bits per heavy atom. The number of oxazole rings is 1. The summed E-state index contributed by atoms with van der Waals surface area (Å²) in [5.74, 6) is -5.81. The third kappa shape index (κ3) is 5.36. The van der Waals surface area contributed by atoms with Crippen molar-refractivity contribution in [3.05, 3.63) is 82.8 Å². The van der Waals surface area contributed by atoms with Gasteiger partial charge in [0.2, 0.25) is 5.91 Å². The number of carbonyl (C=O) groups excluding carboxylic acids is 1. The van der Waals surface area contributed by atoms with E-state index in [1.165, 1.54) is 30.8 Å². The molecule has 3 aromatic rings. The average Bonchev–Trinajstić information content (AvgIpc) is 3.19. The Morgan fingerprint density at radius 1 is 1.29 bits per heavy atom. The number of carbonyl (C=O) groups is 1. The molecule has 1 aliphatic heterocycles. The third-order valence-electron chi connectivity index (χ3n) is 5.90. The molecule has 7 nitrogen and oxygen atoms in total. The van der Waals surface area contributed by atoms with E-state index in [0.29, 0.717) is 15.9 Å². The molecule has 0 aliphatic carbocycles. The molecule has 2 aromatic heterocycles.